The summed E-state index contributed by atoms with van der Waals surface area (Å²) in [5.74, 6) is -0.707. The van der Waals surface area contributed by atoms with E-state index in [0.29, 0.717) is 10.7 Å². The maximum atomic E-state index is 12.4. The summed E-state index contributed by atoms with van der Waals surface area (Å²) in [4.78, 5) is 23.8. The predicted molar refractivity (Wildman–Crippen MR) is 93.1 cm³/mol. The highest BCUT2D eigenvalue weighted by atomic mass is 35.5. The molecule has 0 fully saturated rings. The molecule has 5 heteroatoms. The minimum atomic E-state index is -0.397. The van der Waals surface area contributed by atoms with E-state index in [-0.39, 0.29) is 11.6 Å². The molecule has 0 heterocycles. The number of nitrogens with one attached hydrogen (secondary N) is 2. The van der Waals surface area contributed by atoms with Crippen LogP contribution in [0.15, 0.2) is 54.2 Å². The van der Waals surface area contributed by atoms with Crippen LogP contribution in [-0.4, -0.2) is 11.8 Å². The van der Waals surface area contributed by atoms with Gasteiger partial charge in [-0.25, -0.2) is 0 Å². The summed E-state index contributed by atoms with van der Waals surface area (Å²) in [6.07, 6.45) is 1.65. The maximum absolute atomic E-state index is 12.4. The van der Waals surface area contributed by atoms with E-state index in [0.717, 1.165) is 11.1 Å². The van der Waals surface area contributed by atoms with Crippen LogP contribution in [-0.2, 0) is 9.59 Å². The molecule has 118 valence electrons. The van der Waals surface area contributed by atoms with Crippen molar-refractivity contribution in [2.45, 2.75) is 13.8 Å². The monoisotopic (exact) mass is 328 g/mol. The first-order chi connectivity index (χ1) is 11.0. The van der Waals surface area contributed by atoms with Gasteiger partial charge in [-0.15, -0.1) is 0 Å². The van der Waals surface area contributed by atoms with Crippen LogP contribution in [0.3, 0.4) is 0 Å². The van der Waals surface area contributed by atoms with Crippen LogP contribution in [0.1, 0.15) is 18.1 Å². The second-order valence-corrected chi connectivity index (χ2v) is 5.49. The van der Waals surface area contributed by atoms with Crippen LogP contribution in [0, 0.1) is 6.92 Å². The van der Waals surface area contributed by atoms with Crippen molar-refractivity contribution in [2.75, 3.05) is 5.32 Å². The van der Waals surface area contributed by atoms with Crippen LogP contribution >= 0.6 is 11.6 Å². The first-order valence-corrected chi connectivity index (χ1v) is 7.45. The molecule has 0 bridgehead atoms. The first kappa shape index (κ1) is 16.8. The normalized spacial score (nSPS) is 11.0. The summed E-state index contributed by atoms with van der Waals surface area (Å²) >= 11 is 5.82. The SMILES string of the molecule is CC(=O)N/C(=C\c1ccccc1C)C(=O)Nc1ccc(Cl)cc1. The number of rotatable bonds is 4. The minimum absolute atomic E-state index is 0.182. The van der Waals surface area contributed by atoms with Crippen molar-refractivity contribution in [3.05, 3.63) is 70.4 Å². The number of anilines is 1. The molecule has 0 saturated carbocycles. The third-order valence-corrected chi connectivity index (χ3v) is 3.40. The second kappa shape index (κ2) is 7.61. The largest absolute Gasteiger partial charge is 0.322 e. The molecule has 2 rings (SSSR count). The van der Waals surface area contributed by atoms with Gasteiger partial charge in [-0.1, -0.05) is 35.9 Å². The van der Waals surface area contributed by atoms with Gasteiger partial charge < -0.3 is 10.6 Å². The Morgan fingerprint density at radius 2 is 1.70 bits per heavy atom. The number of hydrogen-bond acceptors (Lipinski definition) is 2. The first-order valence-electron chi connectivity index (χ1n) is 7.07. The lowest BCUT2D eigenvalue weighted by atomic mass is 10.1. The second-order valence-electron chi connectivity index (χ2n) is 5.06. The molecule has 0 aromatic heterocycles. The van der Waals surface area contributed by atoms with Crippen molar-refractivity contribution in [2.24, 2.45) is 0 Å². The zero-order valence-electron chi connectivity index (χ0n) is 12.9. The fraction of sp³-hybridized carbons (Fsp3) is 0.111. The van der Waals surface area contributed by atoms with Crippen LogP contribution in [0.4, 0.5) is 5.69 Å². The van der Waals surface area contributed by atoms with Crippen LogP contribution in [0.25, 0.3) is 6.08 Å². The summed E-state index contributed by atoms with van der Waals surface area (Å²) in [5, 5.41) is 5.89. The summed E-state index contributed by atoms with van der Waals surface area (Å²) in [6.45, 7) is 3.30. The Balaban J connectivity index is 2.27. The van der Waals surface area contributed by atoms with Gasteiger partial charge in [0.05, 0.1) is 0 Å². The van der Waals surface area contributed by atoms with E-state index in [9.17, 15) is 9.59 Å². The molecular weight excluding hydrogens is 312 g/mol. The van der Waals surface area contributed by atoms with E-state index < -0.39 is 5.91 Å². The average molecular weight is 329 g/mol. The van der Waals surface area contributed by atoms with Crippen molar-refractivity contribution in [1.29, 1.82) is 0 Å². The lowest BCUT2D eigenvalue weighted by Gasteiger charge is -2.10. The van der Waals surface area contributed by atoms with Gasteiger partial charge in [-0.3, -0.25) is 9.59 Å². The molecule has 2 amide bonds. The highest BCUT2D eigenvalue weighted by molar-refractivity contribution is 6.30. The molecule has 2 N–H and O–H groups in total. The van der Waals surface area contributed by atoms with Crippen molar-refractivity contribution in [3.8, 4) is 0 Å². The molecule has 0 spiro atoms. The van der Waals surface area contributed by atoms with Crippen molar-refractivity contribution in [3.63, 3.8) is 0 Å². The highest BCUT2D eigenvalue weighted by Gasteiger charge is 2.12. The van der Waals surface area contributed by atoms with Crippen molar-refractivity contribution < 1.29 is 9.59 Å². The zero-order chi connectivity index (χ0) is 16.8. The Bertz CT molecular complexity index is 752. The van der Waals surface area contributed by atoms with E-state index in [2.05, 4.69) is 10.6 Å². The van der Waals surface area contributed by atoms with Gasteiger partial charge in [-0.05, 0) is 48.4 Å². The summed E-state index contributed by atoms with van der Waals surface area (Å²) in [5.41, 5.74) is 2.65. The molecule has 0 aliphatic rings. The highest BCUT2D eigenvalue weighted by Crippen LogP contribution is 2.15. The van der Waals surface area contributed by atoms with Gasteiger partial charge in [0.15, 0.2) is 0 Å². The third-order valence-electron chi connectivity index (χ3n) is 3.15. The maximum Gasteiger partial charge on any atom is 0.272 e. The van der Waals surface area contributed by atoms with Gasteiger partial charge in [-0.2, -0.15) is 0 Å². The molecule has 0 saturated heterocycles. The third kappa shape index (κ3) is 4.97. The van der Waals surface area contributed by atoms with Gasteiger partial charge in [0, 0.05) is 17.6 Å². The van der Waals surface area contributed by atoms with E-state index in [1.807, 2.05) is 31.2 Å². The van der Waals surface area contributed by atoms with Crippen molar-refractivity contribution >= 4 is 35.2 Å². The summed E-state index contributed by atoms with van der Waals surface area (Å²) < 4.78 is 0. The Morgan fingerprint density at radius 1 is 1.04 bits per heavy atom. The van der Waals surface area contributed by atoms with E-state index in [1.54, 1.807) is 30.3 Å². The Labute approximate surface area is 140 Å². The Hall–Kier alpha value is -2.59. The van der Waals surface area contributed by atoms with Crippen LogP contribution < -0.4 is 10.6 Å². The lowest BCUT2D eigenvalue weighted by molar-refractivity contribution is -0.120. The van der Waals surface area contributed by atoms with Gasteiger partial charge in [0.2, 0.25) is 5.91 Å². The number of benzene rings is 2. The summed E-state index contributed by atoms with van der Waals surface area (Å²) in [6, 6.07) is 14.4. The van der Waals surface area contributed by atoms with Gasteiger partial charge in [0.1, 0.15) is 5.70 Å². The Kier molecular flexibility index (Phi) is 5.55. The fourth-order valence-corrected chi connectivity index (χ4v) is 2.11. The van der Waals surface area contributed by atoms with Gasteiger partial charge >= 0.3 is 0 Å². The molecule has 0 atom stereocenters. The fourth-order valence-electron chi connectivity index (χ4n) is 1.98. The number of carbonyl (C=O) groups is 2. The minimum Gasteiger partial charge on any atom is -0.322 e. The number of amides is 2. The molecule has 23 heavy (non-hydrogen) atoms. The quantitative estimate of drug-likeness (QED) is 0.839. The van der Waals surface area contributed by atoms with E-state index >= 15 is 0 Å². The predicted octanol–water partition coefficient (Wildman–Crippen LogP) is 3.76. The number of hydrogen-bond donors (Lipinski definition) is 2. The molecule has 0 aliphatic heterocycles. The topological polar surface area (TPSA) is 58.2 Å². The Morgan fingerprint density at radius 3 is 2.30 bits per heavy atom. The zero-order valence-corrected chi connectivity index (χ0v) is 13.6. The molecular formula is C18H17ClN2O2. The van der Waals surface area contributed by atoms with Crippen molar-refractivity contribution in [1.82, 2.24) is 5.32 Å². The van der Waals surface area contributed by atoms with E-state index in [4.69, 9.17) is 11.6 Å². The molecule has 0 unspecified atom stereocenters. The molecule has 2 aromatic rings. The van der Waals surface area contributed by atoms with Crippen LogP contribution in [0.2, 0.25) is 5.02 Å². The summed E-state index contributed by atoms with van der Waals surface area (Å²) in [7, 11) is 0. The lowest BCUT2D eigenvalue weighted by Crippen LogP contribution is -2.29. The number of halogens is 1. The van der Waals surface area contributed by atoms with Crippen LogP contribution in [0.5, 0.6) is 0 Å². The number of carbonyl (C=O) groups excluding carboxylic acids is 2. The molecule has 0 radical (unpaired) electrons. The standard InChI is InChI=1S/C18H17ClN2O2/c1-12-5-3-4-6-14(12)11-17(20-13(2)22)18(23)21-16-9-7-15(19)8-10-16/h3-11H,1-2H3,(H,20,22)(H,21,23)/b17-11-. The molecule has 4 nitrogen and oxygen atoms in total. The van der Waals surface area contributed by atoms with E-state index in [1.165, 1.54) is 6.92 Å². The number of aryl methyl sites for hydroxylation is 1. The smallest absolute Gasteiger partial charge is 0.272 e. The van der Waals surface area contributed by atoms with Gasteiger partial charge in [0.25, 0.3) is 5.91 Å². The molecule has 0 aliphatic carbocycles. The average Bonchev–Trinajstić information content (AvgIpc) is 2.50. The molecule has 2 aromatic carbocycles.